The third-order valence-electron chi connectivity index (χ3n) is 4.63. The van der Waals surface area contributed by atoms with E-state index < -0.39 is 22.5 Å². The lowest BCUT2D eigenvalue weighted by atomic mass is 9.97. The monoisotopic (exact) mass is 454 g/mol. The molecule has 10 heteroatoms. The number of halogens is 3. The van der Waals surface area contributed by atoms with Gasteiger partial charge < -0.3 is 10.1 Å². The van der Waals surface area contributed by atoms with E-state index in [0.717, 1.165) is 5.56 Å². The number of hydrogen-bond donors (Lipinski definition) is 2. The molecule has 6 nitrogen and oxygen atoms in total. The number of aryl methyl sites for hydroxylation is 1. The Bertz CT molecular complexity index is 1090. The second kappa shape index (κ2) is 9.97. The van der Waals surface area contributed by atoms with E-state index in [1.807, 2.05) is 0 Å². The highest BCUT2D eigenvalue weighted by molar-refractivity contribution is 7.93. The Kier molecular flexibility index (Phi) is 7.34. The van der Waals surface area contributed by atoms with Gasteiger partial charge in [-0.2, -0.15) is 8.78 Å². The van der Waals surface area contributed by atoms with Gasteiger partial charge in [0.1, 0.15) is 11.6 Å². The number of amides is 1. The van der Waals surface area contributed by atoms with Gasteiger partial charge in [-0.25, -0.2) is 17.5 Å². The molecule has 0 saturated heterocycles. The van der Waals surface area contributed by atoms with Gasteiger partial charge >= 0.3 is 6.61 Å². The maximum atomic E-state index is 13.1. The van der Waals surface area contributed by atoms with Gasteiger partial charge in [0.2, 0.25) is 15.9 Å². The van der Waals surface area contributed by atoms with Gasteiger partial charge in [-0.05, 0) is 59.9 Å². The summed E-state index contributed by atoms with van der Waals surface area (Å²) < 4.78 is 69.6. The van der Waals surface area contributed by atoms with E-state index in [0.29, 0.717) is 17.5 Å². The molecule has 2 aromatic carbocycles. The van der Waals surface area contributed by atoms with E-state index in [1.54, 1.807) is 6.07 Å². The molecule has 2 N–H and O–H groups in total. The minimum absolute atomic E-state index is 0.0102. The molecule has 3 rings (SSSR count). The molecule has 0 bridgehead atoms. The predicted molar refractivity (Wildman–Crippen MR) is 109 cm³/mol. The van der Waals surface area contributed by atoms with Gasteiger partial charge in [-0.15, -0.1) is 0 Å². The minimum atomic E-state index is -3.76. The smallest absolute Gasteiger partial charge is 0.387 e. The van der Waals surface area contributed by atoms with Crippen molar-refractivity contribution in [2.45, 2.75) is 25.9 Å². The zero-order valence-electron chi connectivity index (χ0n) is 16.4. The fourth-order valence-electron chi connectivity index (χ4n) is 3.21. The summed E-state index contributed by atoms with van der Waals surface area (Å²) in [5.74, 6) is -0.754. The molecule has 0 unspecified atom stereocenters. The number of carbonyl (C=O) groups excluding carboxylic acids is 1. The lowest BCUT2D eigenvalue weighted by Crippen LogP contribution is -2.36. The van der Waals surface area contributed by atoms with Crippen LogP contribution in [0.4, 0.5) is 13.2 Å². The lowest BCUT2D eigenvalue weighted by molar-refractivity contribution is -0.120. The molecule has 0 spiro atoms. The molecule has 1 aliphatic rings. The summed E-state index contributed by atoms with van der Waals surface area (Å²) in [6.07, 6.45) is 2.07. The maximum Gasteiger partial charge on any atom is 0.387 e. The van der Waals surface area contributed by atoms with Crippen molar-refractivity contribution in [2.24, 2.45) is 0 Å². The molecule has 0 aromatic heterocycles. The first kappa shape index (κ1) is 22.8. The van der Waals surface area contributed by atoms with Crippen LogP contribution in [0, 0.1) is 5.82 Å². The van der Waals surface area contributed by atoms with Crippen LogP contribution >= 0.6 is 0 Å². The highest BCUT2D eigenvalue weighted by Gasteiger charge is 2.22. The number of alkyl halides is 2. The van der Waals surface area contributed by atoms with E-state index >= 15 is 0 Å². The third-order valence-corrected chi connectivity index (χ3v) is 6.23. The van der Waals surface area contributed by atoms with E-state index in [2.05, 4.69) is 14.8 Å². The van der Waals surface area contributed by atoms with Gasteiger partial charge in [0, 0.05) is 13.1 Å². The van der Waals surface area contributed by atoms with Crippen molar-refractivity contribution in [3.8, 4) is 5.75 Å². The second-order valence-corrected chi connectivity index (χ2v) is 8.72. The standard InChI is InChI=1S/C21H21F3N2O4S/c22-17-3-1-2-14(10-17)11-20(27)25-8-9-26-31(28,29)19-7-5-15-12-18(30-21(23)24)6-4-16(15)13-19/h1-4,6,10,12-13,21,26H,5,7-9,11H2,(H,25,27). The van der Waals surface area contributed by atoms with Crippen LogP contribution in [0.1, 0.15) is 23.1 Å². The van der Waals surface area contributed by atoms with Crippen LogP contribution in [0.2, 0.25) is 0 Å². The molecule has 166 valence electrons. The van der Waals surface area contributed by atoms with E-state index in [9.17, 15) is 26.4 Å². The fourth-order valence-corrected chi connectivity index (χ4v) is 4.41. The molecular weight excluding hydrogens is 433 g/mol. The zero-order chi connectivity index (χ0) is 22.4. The van der Waals surface area contributed by atoms with E-state index in [-0.39, 0.29) is 42.5 Å². The van der Waals surface area contributed by atoms with Crippen LogP contribution < -0.4 is 14.8 Å². The number of hydrogen-bond acceptors (Lipinski definition) is 4. The number of benzene rings is 2. The number of nitrogens with one attached hydrogen (secondary N) is 2. The van der Waals surface area contributed by atoms with Gasteiger partial charge in [0.25, 0.3) is 0 Å². The van der Waals surface area contributed by atoms with Crippen molar-refractivity contribution in [2.75, 3.05) is 13.1 Å². The van der Waals surface area contributed by atoms with Crippen molar-refractivity contribution >= 4 is 22.0 Å². The fraction of sp³-hybridized carbons (Fsp3) is 0.286. The highest BCUT2D eigenvalue weighted by Crippen LogP contribution is 2.29. The average molecular weight is 454 g/mol. The summed E-state index contributed by atoms with van der Waals surface area (Å²) in [4.78, 5) is 12.1. The summed E-state index contributed by atoms with van der Waals surface area (Å²) in [5, 5.41) is 2.58. The van der Waals surface area contributed by atoms with Crippen LogP contribution in [-0.2, 0) is 27.7 Å². The molecule has 2 aromatic rings. The Hall–Kier alpha value is -2.85. The molecule has 0 fully saturated rings. The van der Waals surface area contributed by atoms with Crippen molar-refractivity contribution in [3.63, 3.8) is 0 Å². The molecule has 0 radical (unpaired) electrons. The normalized spacial score (nSPS) is 13.5. The molecule has 0 heterocycles. The molecular formula is C21H21F3N2O4S. The SMILES string of the molecule is O=C(Cc1cccc(F)c1)NCCNS(=O)(=O)C1=Cc2ccc(OC(F)F)cc2CC1. The number of ether oxygens (including phenoxy) is 1. The summed E-state index contributed by atoms with van der Waals surface area (Å²) in [7, 11) is -3.76. The first-order chi connectivity index (χ1) is 14.7. The van der Waals surface area contributed by atoms with E-state index in [1.165, 1.54) is 42.5 Å². The summed E-state index contributed by atoms with van der Waals surface area (Å²) in [5.41, 5.74) is 1.87. The molecule has 0 atom stereocenters. The Balaban J connectivity index is 1.51. The average Bonchev–Trinajstić information content (AvgIpc) is 2.70. The predicted octanol–water partition coefficient (Wildman–Crippen LogP) is 2.99. The number of rotatable bonds is 9. The van der Waals surface area contributed by atoms with Crippen molar-refractivity contribution < 1.29 is 31.1 Å². The van der Waals surface area contributed by atoms with Crippen LogP contribution in [0.25, 0.3) is 6.08 Å². The third kappa shape index (κ3) is 6.56. The summed E-state index contributed by atoms with van der Waals surface area (Å²) in [6.45, 7) is -2.86. The molecule has 0 saturated carbocycles. The Morgan fingerprint density at radius 1 is 1.10 bits per heavy atom. The first-order valence-corrected chi connectivity index (χ1v) is 11.0. The number of sulfonamides is 1. The Labute approximate surface area is 178 Å². The van der Waals surface area contributed by atoms with Crippen molar-refractivity contribution in [3.05, 3.63) is 69.9 Å². The van der Waals surface area contributed by atoms with E-state index in [4.69, 9.17) is 0 Å². The Morgan fingerprint density at radius 3 is 2.65 bits per heavy atom. The largest absolute Gasteiger partial charge is 0.435 e. The Morgan fingerprint density at radius 2 is 1.90 bits per heavy atom. The van der Waals surface area contributed by atoms with Gasteiger partial charge in [-0.1, -0.05) is 18.2 Å². The first-order valence-electron chi connectivity index (χ1n) is 9.52. The van der Waals surface area contributed by atoms with Gasteiger partial charge in [-0.3, -0.25) is 4.79 Å². The van der Waals surface area contributed by atoms with Gasteiger partial charge in [0.05, 0.1) is 11.3 Å². The molecule has 0 aliphatic heterocycles. The molecule has 1 amide bonds. The molecule has 1 aliphatic carbocycles. The van der Waals surface area contributed by atoms with Crippen molar-refractivity contribution in [1.82, 2.24) is 10.0 Å². The van der Waals surface area contributed by atoms with Gasteiger partial charge in [0.15, 0.2) is 0 Å². The zero-order valence-corrected chi connectivity index (χ0v) is 17.2. The highest BCUT2D eigenvalue weighted by atomic mass is 32.2. The van der Waals surface area contributed by atoms with Crippen LogP contribution in [0.5, 0.6) is 5.75 Å². The topological polar surface area (TPSA) is 84.5 Å². The van der Waals surface area contributed by atoms with Crippen molar-refractivity contribution in [1.29, 1.82) is 0 Å². The summed E-state index contributed by atoms with van der Waals surface area (Å²) in [6, 6.07) is 10.1. The quantitative estimate of drug-likeness (QED) is 0.571. The maximum absolute atomic E-state index is 13.1. The number of carbonyl (C=O) groups is 1. The van der Waals surface area contributed by atoms with Crippen LogP contribution in [0.15, 0.2) is 47.4 Å². The number of allylic oxidation sites excluding steroid dienone is 1. The minimum Gasteiger partial charge on any atom is -0.435 e. The molecule has 31 heavy (non-hydrogen) atoms. The number of fused-ring (bicyclic) bond motifs is 1. The summed E-state index contributed by atoms with van der Waals surface area (Å²) >= 11 is 0. The second-order valence-electron chi connectivity index (χ2n) is 6.90. The van der Waals surface area contributed by atoms with Crippen LogP contribution in [-0.4, -0.2) is 34.0 Å². The lowest BCUT2D eigenvalue weighted by Gasteiger charge is -2.18. The van der Waals surface area contributed by atoms with Crippen LogP contribution in [0.3, 0.4) is 0 Å².